The van der Waals surface area contributed by atoms with Crippen LogP contribution in [0.4, 0.5) is 0 Å². The van der Waals surface area contributed by atoms with Crippen molar-refractivity contribution in [2.75, 3.05) is 13.1 Å². The molecular weight excluding hydrogens is 210 g/mol. The van der Waals surface area contributed by atoms with E-state index in [9.17, 15) is 5.11 Å². The van der Waals surface area contributed by atoms with Crippen LogP contribution >= 0.6 is 0 Å². The molecule has 1 heterocycles. The van der Waals surface area contributed by atoms with Gasteiger partial charge >= 0.3 is 0 Å². The summed E-state index contributed by atoms with van der Waals surface area (Å²) in [6, 6.07) is 8.65. The lowest BCUT2D eigenvalue weighted by Gasteiger charge is -2.27. The average Bonchev–Trinajstić information content (AvgIpc) is 2.40. The van der Waals surface area contributed by atoms with Gasteiger partial charge < -0.3 is 10.4 Å². The van der Waals surface area contributed by atoms with Crippen LogP contribution in [0.3, 0.4) is 0 Å². The van der Waals surface area contributed by atoms with Crippen LogP contribution in [0.15, 0.2) is 24.3 Å². The first-order valence-electron chi connectivity index (χ1n) is 6.76. The number of benzene rings is 1. The smallest absolute Gasteiger partial charge is 0.0609 e. The Kier molecular flexibility index (Phi) is 4.57. The van der Waals surface area contributed by atoms with Crippen molar-refractivity contribution in [1.82, 2.24) is 5.32 Å². The van der Waals surface area contributed by atoms with E-state index in [1.807, 2.05) is 0 Å². The van der Waals surface area contributed by atoms with Crippen LogP contribution in [0.25, 0.3) is 0 Å². The van der Waals surface area contributed by atoms with E-state index in [4.69, 9.17) is 0 Å². The van der Waals surface area contributed by atoms with Gasteiger partial charge in [0.15, 0.2) is 0 Å². The number of aliphatic hydroxyl groups excluding tert-OH is 1. The first-order valence-corrected chi connectivity index (χ1v) is 6.76. The van der Waals surface area contributed by atoms with E-state index in [0.29, 0.717) is 5.92 Å². The second-order valence-corrected chi connectivity index (χ2v) is 5.03. The van der Waals surface area contributed by atoms with Gasteiger partial charge in [-0.3, -0.25) is 0 Å². The van der Waals surface area contributed by atoms with Crippen LogP contribution < -0.4 is 5.32 Å². The summed E-state index contributed by atoms with van der Waals surface area (Å²) < 4.78 is 0. The van der Waals surface area contributed by atoms with Crippen molar-refractivity contribution in [1.29, 1.82) is 0 Å². The summed E-state index contributed by atoms with van der Waals surface area (Å²) in [4.78, 5) is 0. The molecule has 1 saturated heterocycles. The zero-order valence-corrected chi connectivity index (χ0v) is 10.7. The van der Waals surface area contributed by atoms with Crippen molar-refractivity contribution in [2.24, 2.45) is 5.92 Å². The highest BCUT2D eigenvalue weighted by molar-refractivity contribution is 5.23. The fourth-order valence-electron chi connectivity index (χ4n) is 2.55. The number of hydrogen-bond acceptors (Lipinski definition) is 2. The van der Waals surface area contributed by atoms with E-state index < -0.39 is 0 Å². The summed E-state index contributed by atoms with van der Waals surface area (Å²) in [5.41, 5.74) is 2.62. The maximum atomic E-state index is 10.2. The number of nitrogens with one attached hydrogen (secondary N) is 1. The van der Waals surface area contributed by atoms with Crippen LogP contribution in [0.5, 0.6) is 0 Å². The van der Waals surface area contributed by atoms with Gasteiger partial charge in [-0.2, -0.15) is 0 Å². The van der Waals surface area contributed by atoms with Crippen LogP contribution in [-0.4, -0.2) is 24.3 Å². The van der Waals surface area contributed by atoms with Crippen molar-refractivity contribution < 1.29 is 5.11 Å². The maximum Gasteiger partial charge on any atom is 0.0609 e. The average molecular weight is 233 g/mol. The third-order valence-corrected chi connectivity index (χ3v) is 3.80. The summed E-state index contributed by atoms with van der Waals surface area (Å²) in [6.07, 6.45) is 3.92. The Morgan fingerprint density at radius 1 is 1.18 bits per heavy atom. The second kappa shape index (κ2) is 6.18. The normalized spacial score (nSPS) is 19.2. The molecule has 2 N–H and O–H groups in total. The SMILES string of the molecule is CCc1ccc(CC(O)C2CCNCC2)cc1. The number of hydrogen-bond donors (Lipinski definition) is 2. The summed E-state index contributed by atoms with van der Waals surface area (Å²) in [5.74, 6) is 0.474. The molecule has 0 bridgehead atoms. The second-order valence-electron chi connectivity index (χ2n) is 5.03. The van der Waals surface area contributed by atoms with Gasteiger partial charge in [0.1, 0.15) is 0 Å². The van der Waals surface area contributed by atoms with E-state index >= 15 is 0 Å². The van der Waals surface area contributed by atoms with Crippen molar-refractivity contribution in [3.05, 3.63) is 35.4 Å². The van der Waals surface area contributed by atoms with E-state index in [0.717, 1.165) is 38.8 Å². The lowest BCUT2D eigenvalue weighted by Crippen LogP contribution is -2.34. The van der Waals surface area contributed by atoms with Gasteiger partial charge in [0.05, 0.1) is 6.10 Å². The molecule has 0 saturated carbocycles. The lowest BCUT2D eigenvalue weighted by atomic mass is 9.88. The largest absolute Gasteiger partial charge is 0.392 e. The Bertz CT molecular complexity index is 327. The highest BCUT2D eigenvalue weighted by Gasteiger charge is 2.21. The summed E-state index contributed by atoms with van der Waals surface area (Å²) in [6.45, 7) is 4.27. The fraction of sp³-hybridized carbons (Fsp3) is 0.600. The summed E-state index contributed by atoms with van der Waals surface area (Å²) in [5, 5.41) is 13.6. The fourth-order valence-corrected chi connectivity index (χ4v) is 2.55. The number of rotatable bonds is 4. The minimum absolute atomic E-state index is 0.176. The third-order valence-electron chi connectivity index (χ3n) is 3.80. The van der Waals surface area contributed by atoms with Gasteiger partial charge in [0.25, 0.3) is 0 Å². The lowest BCUT2D eigenvalue weighted by molar-refractivity contribution is 0.0890. The monoisotopic (exact) mass is 233 g/mol. The Labute approximate surface area is 104 Å². The van der Waals surface area contributed by atoms with E-state index in [-0.39, 0.29) is 6.10 Å². The van der Waals surface area contributed by atoms with Gasteiger partial charge in [-0.1, -0.05) is 31.2 Å². The van der Waals surface area contributed by atoms with Gasteiger partial charge in [-0.15, -0.1) is 0 Å². The molecule has 0 amide bonds. The first kappa shape index (κ1) is 12.6. The van der Waals surface area contributed by atoms with Crippen molar-refractivity contribution in [2.45, 2.75) is 38.7 Å². The first-order chi connectivity index (χ1) is 8.29. The number of aryl methyl sites for hydroxylation is 1. The van der Waals surface area contributed by atoms with E-state index in [2.05, 4.69) is 36.5 Å². The molecule has 1 unspecified atom stereocenters. The minimum atomic E-state index is -0.176. The van der Waals surface area contributed by atoms with Crippen molar-refractivity contribution in [3.8, 4) is 0 Å². The molecule has 2 heteroatoms. The molecule has 94 valence electrons. The molecule has 0 radical (unpaired) electrons. The molecule has 1 aliphatic rings. The Morgan fingerprint density at radius 3 is 2.35 bits per heavy atom. The molecule has 1 atom stereocenters. The predicted molar refractivity (Wildman–Crippen MR) is 71.1 cm³/mol. The highest BCUT2D eigenvalue weighted by Crippen LogP contribution is 2.19. The quantitative estimate of drug-likeness (QED) is 0.835. The minimum Gasteiger partial charge on any atom is -0.392 e. The maximum absolute atomic E-state index is 10.2. The Balaban J connectivity index is 1.89. The summed E-state index contributed by atoms with van der Waals surface area (Å²) >= 11 is 0. The molecular formula is C15H23NO. The molecule has 1 aromatic rings. The Morgan fingerprint density at radius 2 is 1.76 bits per heavy atom. The number of piperidine rings is 1. The van der Waals surface area contributed by atoms with E-state index in [1.54, 1.807) is 0 Å². The molecule has 17 heavy (non-hydrogen) atoms. The third kappa shape index (κ3) is 3.55. The van der Waals surface area contributed by atoms with Crippen molar-refractivity contribution in [3.63, 3.8) is 0 Å². The molecule has 0 aliphatic carbocycles. The van der Waals surface area contributed by atoms with Gasteiger partial charge in [-0.05, 0) is 55.8 Å². The zero-order chi connectivity index (χ0) is 12.1. The van der Waals surface area contributed by atoms with Crippen molar-refractivity contribution >= 4 is 0 Å². The molecule has 1 aliphatic heterocycles. The predicted octanol–water partition coefficient (Wildman–Crippen LogP) is 2.15. The summed E-state index contributed by atoms with van der Waals surface area (Å²) in [7, 11) is 0. The van der Waals surface area contributed by atoms with E-state index in [1.165, 1.54) is 11.1 Å². The molecule has 0 spiro atoms. The van der Waals surface area contributed by atoms with Gasteiger partial charge in [-0.25, -0.2) is 0 Å². The van der Waals surface area contributed by atoms with Gasteiger partial charge in [0, 0.05) is 0 Å². The van der Waals surface area contributed by atoms with Gasteiger partial charge in [0.2, 0.25) is 0 Å². The molecule has 1 fully saturated rings. The highest BCUT2D eigenvalue weighted by atomic mass is 16.3. The van der Waals surface area contributed by atoms with Crippen LogP contribution in [-0.2, 0) is 12.8 Å². The number of aliphatic hydroxyl groups is 1. The van der Waals surface area contributed by atoms with Crippen LogP contribution in [0.2, 0.25) is 0 Å². The molecule has 2 nitrogen and oxygen atoms in total. The van der Waals surface area contributed by atoms with Crippen LogP contribution in [0, 0.1) is 5.92 Å². The molecule has 2 rings (SSSR count). The van der Waals surface area contributed by atoms with Crippen LogP contribution in [0.1, 0.15) is 30.9 Å². The zero-order valence-electron chi connectivity index (χ0n) is 10.7. The molecule has 1 aromatic carbocycles. The molecule has 0 aromatic heterocycles. The Hall–Kier alpha value is -0.860. The standard InChI is InChI=1S/C15H23NO/c1-2-12-3-5-13(6-4-12)11-15(17)14-7-9-16-10-8-14/h3-6,14-17H,2,7-11H2,1H3. The topological polar surface area (TPSA) is 32.3 Å².